The van der Waals surface area contributed by atoms with E-state index < -0.39 is 0 Å². The van der Waals surface area contributed by atoms with Crippen molar-refractivity contribution in [1.82, 2.24) is 5.32 Å². The number of amides is 1. The number of nitrogens with two attached hydrogens (primary N) is 1. The molecule has 2 aliphatic rings. The summed E-state index contributed by atoms with van der Waals surface area (Å²) in [6.07, 6.45) is 3.61. The molecule has 0 saturated heterocycles. The van der Waals surface area contributed by atoms with Crippen molar-refractivity contribution in [2.75, 3.05) is 13.2 Å². The zero-order valence-electron chi connectivity index (χ0n) is 12.1. The van der Waals surface area contributed by atoms with Crippen molar-refractivity contribution < 1.29 is 9.53 Å². The van der Waals surface area contributed by atoms with Crippen LogP contribution in [-0.2, 0) is 16.0 Å². The van der Waals surface area contributed by atoms with Gasteiger partial charge < -0.3 is 15.8 Å². The van der Waals surface area contributed by atoms with Crippen LogP contribution in [0.4, 0.5) is 0 Å². The summed E-state index contributed by atoms with van der Waals surface area (Å²) in [6, 6.07) is 8.32. The molecule has 1 amide bonds. The number of benzene rings is 1. The maximum absolute atomic E-state index is 12.0. The summed E-state index contributed by atoms with van der Waals surface area (Å²) in [4.78, 5) is 12.0. The van der Waals surface area contributed by atoms with E-state index in [1.807, 2.05) is 12.1 Å². The molecular weight excluding hydrogens is 288 g/mol. The number of fused-ring (bicyclic) bond motifs is 1. The lowest BCUT2D eigenvalue weighted by Gasteiger charge is -2.25. The van der Waals surface area contributed by atoms with Crippen LogP contribution in [0.1, 0.15) is 36.5 Å². The van der Waals surface area contributed by atoms with Gasteiger partial charge in [0, 0.05) is 12.6 Å². The second-order valence-corrected chi connectivity index (χ2v) is 5.82. The van der Waals surface area contributed by atoms with E-state index in [0.717, 1.165) is 12.0 Å². The van der Waals surface area contributed by atoms with Crippen molar-refractivity contribution >= 4 is 18.3 Å². The molecule has 5 heteroatoms. The first kappa shape index (κ1) is 16.3. The first-order valence-corrected chi connectivity index (χ1v) is 7.45. The molecule has 1 aromatic carbocycles. The minimum absolute atomic E-state index is 0. The van der Waals surface area contributed by atoms with E-state index in [4.69, 9.17) is 10.5 Å². The van der Waals surface area contributed by atoms with Crippen LogP contribution in [0.25, 0.3) is 0 Å². The van der Waals surface area contributed by atoms with Gasteiger partial charge in [-0.2, -0.15) is 0 Å². The Morgan fingerprint density at radius 1 is 1.38 bits per heavy atom. The molecular formula is C16H23ClN2O2. The summed E-state index contributed by atoms with van der Waals surface area (Å²) in [7, 11) is 0. The normalized spacial score (nSPS) is 21.9. The smallest absolute Gasteiger partial charge is 0.223 e. The summed E-state index contributed by atoms with van der Waals surface area (Å²) >= 11 is 0. The summed E-state index contributed by atoms with van der Waals surface area (Å²) in [5, 5.41) is 2.94. The van der Waals surface area contributed by atoms with E-state index in [0.29, 0.717) is 25.5 Å². The third-order valence-corrected chi connectivity index (χ3v) is 4.23. The fraction of sp³-hybridized carbons (Fsp3) is 0.562. The van der Waals surface area contributed by atoms with Gasteiger partial charge in [-0.15, -0.1) is 12.4 Å². The number of carbonyl (C=O) groups excluding carboxylic acids is 1. The van der Waals surface area contributed by atoms with Gasteiger partial charge in [-0.05, 0) is 36.3 Å². The van der Waals surface area contributed by atoms with E-state index in [-0.39, 0.29) is 30.5 Å². The average molecular weight is 311 g/mol. The van der Waals surface area contributed by atoms with E-state index >= 15 is 0 Å². The van der Waals surface area contributed by atoms with E-state index in [2.05, 4.69) is 17.4 Å². The number of nitrogens with one attached hydrogen (secondary N) is 1. The van der Waals surface area contributed by atoms with Crippen LogP contribution in [0, 0.1) is 5.92 Å². The van der Waals surface area contributed by atoms with Gasteiger partial charge in [0.25, 0.3) is 0 Å². The summed E-state index contributed by atoms with van der Waals surface area (Å²) < 4.78 is 5.75. The van der Waals surface area contributed by atoms with Crippen LogP contribution >= 0.6 is 12.4 Å². The third kappa shape index (κ3) is 4.19. The Labute approximate surface area is 131 Å². The highest BCUT2D eigenvalue weighted by molar-refractivity contribution is 5.85. The third-order valence-electron chi connectivity index (χ3n) is 4.23. The fourth-order valence-corrected chi connectivity index (χ4v) is 2.81. The van der Waals surface area contributed by atoms with Crippen LogP contribution in [0.2, 0.25) is 0 Å². The molecule has 116 valence electrons. The van der Waals surface area contributed by atoms with Crippen LogP contribution in [0.5, 0.6) is 0 Å². The predicted molar refractivity (Wildman–Crippen MR) is 84.4 cm³/mol. The van der Waals surface area contributed by atoms with Crippen molar-refractivity contribution in [3.05, 3.63) is 35.4 Å². The summed E-state index contributed by atoms with van der Waals surface area (Å²) in [5.74, 6) is 0.643. The molecule has 0 aromatic heterocycles. The number of hydrogen-bond acceptors (Lipinski definition) is 3. The van der Waals surface area contributed by atoms with Crippen molar-refractivity contribution in [3.8, 4) is 0 Å². The van der Waals surface area contributed by atoms with Gasteiger partial charge in [0.1, 0.15) is 0 Å². The molecule has 21 heavy (non-hydrogen) atoms. The Morgan fingerprint density at radius 2 is 2.14 bits per heavy atom. The number of rotatable bonds is 5. The van der Waals surface area contributed by atoms with Crippen molar-refractivity contribution in [2.45, 2.75) is 37.8 Å². The molecule has 0 spiro atoms. The van der Waals surface area contributed by atoms with Gasteiger partial charge in [-0.25, -0.2) is 0 Å². The topological polar surface area (TPSA) is 64.3 Å². The SMILES string of the molecule is Cl.NC(CNC(=O)CC1OCCc2ccccc21)C1CC1. The Balaban J connectivity index is 0.00000161. The van der Waals surface area contributed by atoms with Crippen LogP contribution in [-0.4, -0.2) is 25.1 Å². The summed E-state index contributed by atoms with van der Waals surface area (Å²) in [5.41, 5.74) is 8.44. The lowest BCUT2D eigenvalue weighted by Crippen LogP contribution is -2.39. The van der Waals surface area contributed by atoms with E-state index in [1.54, 1.807) is 0 Å². The molecule has 1 aromatic rings. The number of hydrogen-bond donors (Lipinski definition) is 2. The molecule has 1 aliphatic heterocycles. The molecule has 4 nitrogen and oxygen atoms in total. The van der Waals surface area contributed by atoms with Gasteiger partial charge >= 0.3 is 0 Å². The quantitative estimate of drug-likeness (QED) is 0.874. The van der Waals surface area contributed by atoms with Crippen molar-refractivity contribution in [2.24, 2.45) is 11.7 Å². The predicted octanol–water partition coefficient (Wildman–Crippen LogP) is 1.97. The monoisotopic (exact) mass is 310 g/mol. The molecule has 0 bridgehead atoms. The first-order chi connectivity index (χ1) is 9.74. The van der Waals surface area contributed by atoms with E-state index in [1.165, 1.54) is 18.4 Å². The Kier molecular flexibility index (Phi) is 5.62. The van der Waals surface area contributed by atoms with Gasteiger partial charge in [-0.3, -0.25) is 4.79 Å². The second-order valence-electron chi connectivity index (χ2n) is 5.82. The molecule has 3 rings (SSSR count). The highest BCUT2D eigenvalue weighted by Crippen LogP contribution is 2.31. The maximum atomic E-state index is 12.0. The van der Waals surface area contributed by atoms with Crippen LogP contribution < -0.4 is 11.1 Å². The van der Waals surface area contributed by atoms with Crippen molar-refractivity contribution in [3.63, 3.8) is 0 Å². The molecule has 1 aliphatic carbocycles. The fourth-order valence-electron chi connectivity index (χ4n) is 2.81. The Morgan fingerprint density at radius 3 is 2.90 bits per heavy atom. The zero-order chi connectivity index (χ0) is 13.9. The standard InChI is InChI=1S/C16H22N2O2.ClH/c17-14(12-5-6-12)10-18-16(19)9-15-13-4-2-1-3-11(13)7-8-20-15;/h1-4,12,14-15H,5-10,17H2,(H,18,19);1H. The van der Waals surface area contributed by atoms with Crippen LogP contribution in [0.3, 0.4) is 0 Å². The molecule has 2 unspecified atom stereocenters. The first-order valence-electron chi connectivity index (χ1n) is 7.45. The largest absolute Gasteiger partial charge is 0.373 e. The maximum Gasteiger partial charge on any atom is 0.223 e. The number of halogens is 1. The lowest BCUT2D eigenvalue weighted by molar-refractivity contribution is -0.124. The zero-order valence-corrected chi connectivity index (χ0v) is 12.9. The molecule has 0 radical (unpaired) electrons. The molecule has 1 fully saturated rings. The summed E-state index contributed by atoms with van der Waals surface area (Å²) in [6.45, 7) is 1.27. The number of carbonyl (C=O) groups is 1. The second kappa shape index (κ2) is 7.25. The minimum Gasteiger partial charge on any atom is -0.373 e. The minimum atomic E-state index is -0.114. The Bertz CT molecular complexity index is 491. The molecule has 3 N–H and O–H groups in total. The van der Waals surface area contributed by atoms with E-state index in [9.17, 15) is 4.79 Å². The molecule has 1 saturated carbocycles. The van der Waals surface area contributed by atoms with Gasteiger partial charge in [0.05, 0.1) is 19.1 Å². The number of ether oxygens (including phenoxy) is 1. The molecule has 1 heterocycles. The van der Waals surface area contributed by atoms with Gasteiger partial charge in [-0.1, -0.05) is 24.3 Å². The highest BCUT2D eigenvalue weighted by Gasteiger charge is 2.29. The van der Waals surface area contributed by atoms with Crippen LogP contribution in [0.15, 0.2) is 24.3 Å². The molecule has 2 atom stereocenters. The highest BCUT2D eigenvalue weighted by atomic mass is 35.5. The average Bonchev–Trinajstić information content (AvgIpc) is 3.30. The van der Waals surface area contributed by atoms with Gasteiger partial charge in [0.2, 0.25) is 5.91 Å². The van der Waals surface area contributed by atoms with Gasteiger partial charge in [0.15, 0.2) is 0 Å². The van der Waals surface area contributed by atoms with Crippen molar-refractivity contribution in [1.29, 1.82) is 0 Å². The Hall–Kier alpha value is -1.10. The lowest BCUT2D eigenvalue weighted by atomic mass is 9.95.